The van der Waals surface area contributed by atoms with Gasteiger partial charge in [0.1, 0.15) is 4.32 Å². The number of nitriles is 2. The van der Waals surface area contributed by atoms with Gasteiger partial charge in [-0.2, -0.15) is 10.5 Å². The van der Waals surface area contributed by atoms with E-state index in [9.17, 15) is 4.79 Å². The number of hydrogen-bond acceptors (Lipinski definition) is 5. The predicted octanol–water partition coefficient (Wildman–Crippen LogP) is 1.02. The molecule has 1 fully saturated rings. The fraction of sp³-hybridized carbons (Fsp3) is 0.250. The Hall–Kier alpha value is -1.37. The molecule has 14 heavy (non-hydrogen) atoms. The number of amides is 1. The number of nitrogens with zero attached hydrogens (tertiary/aromatic N) is 3. The highest BCUT2D eigenvalue weighted by Gasteiger charge is 2.29. The molecule has 0 aromatic rings. The third-order valence-corrected chi connectivity index (χ3v) is 3.09. The van der Waals surface area contributed by atoms with Gasteiger partial charge in [-0.1, -0.05) is 24.0 Å². The molecule has 1 amide bonds. The smallest absolute Gasteiger partial charge is 0.265 e. The summed E-state index contributed by atoms with van der Waals surface area (Å²) in [5.74, 6) is -1.15. The van der Waals surface area contributed by atoms with Gasteiger partial charge in [-0.25, -0.2) is 0 Å². The molecule has 1 aliphatic rings. The lowest BCUT2D eigenvalue weighted by Gasteiger charge is -2.03. The van der Waals surface area contributed by atoms with Crippen LogP contribution in [-0.4, -0.2) is 22.2 Å². The van der Waals surface area contributed by atoms with Crippen LogP contribution in [0.2, 0.25) is 0 Å². The van der Waals surface area contributed by atoms with Crippen LogP contribution < -0.4 is 0 Å². The molecule has 1 saturated heterocycles. The lowest BCUT2D eigenvalue weighted by molar-refractivity contribution is -0.121. The Morgan fingerprint density at radius 1 is 1.57 bits per heavy atom. The van der Waals surface area contributed by atoms with Crippen LogP contribution in [0.1, 0.15) is 0 Å². The van der Waals surface area contributed by atoms with Gasteiger partial charge in [0, 0.05) is 7.05 Å². The fourth-order valence-electron chi connectivity index (χ4n) is 0.814. The minimum atomic E-state index is -0.893. The summed E-state index contributed by atoms with van der Waals surface area (Å²) >= 11 is 5.99. The number of thioether (sulfide) groups is 1. The van der Waals surface area contributed by atoms with Crippen LogP contribution in [0.3, 0.4) is 0 Å². The number of hydrogen-bond donors (Lipinski definition) is 0. The summed E-state index contributed by atoms with van der Waals surface area (Å²) in [4.78, 5) is 13.1. The Morgan fingerprint density at radius 3 is 2.50 bits per heavy atom. The lowest BCUT2D eigenvalue weighted by atomic mass is 10.2. The largest absolute Gasteiger partial charge is 0.296 e. The topological polar surface area (TPSA) is 67.9 Å². The van der Waals surface area contributed by atoms with Gasteiger partial charge >= 0.3 is 0 Å². The standard InChI is InChI=1S/C8H5N3OS2/c1-11-7(12)6(14-8(11)13)2-5(3-9)4-10/h2,5H,1H3/b6-2+. The molecule has 70 valence electrons. The lowest BCUT2D eigenvalue weighted by Crippen LogP contribution is -2.22. The summed E-state index contributed by atoms with van der Waals surface area (Å²) in [5.41, 5.74) is 0. The van der Waals surface area contributed by atoms with E-state index in [4.69, 9.17) is 22.7 Å². The molecule has 0 bridgehead atoms. The average Bonchev–Trinajstić information content (AvgIpc) is 2.42. The molecular weight excluding hydrogens is 218 g/mol. The van der Waals surface area contributed by atoms with Crippen molar-refractivity contribution in [1.82, 2.24) is 4.90 Å². The molecule has 6 heteroatoms. The summed E-state index contributed by atoms with van der Waals surface area (Å²) in [5, 5.41) is 17.0. The van der Waals surface area contributed by atoms with Crippen molar-refractivity contribution in [2.24, 2.45) is 5.92 Å². The van der Waals surface area contributed by atoms with E-state index in [0.29, 0.717) is 9.23 Å². The van der Waals surface area contributed by atoms with Crippen molar-refractivity contribution in [1.29, 1.82) is 10.5 Å². The van der Waals surface area contributed by atoms with Crippen LogP contribution in [0, 0.1) is 28.6 Å². The van der Waals surface area contributed by atoms with Gasteiger partial charge in [0.25, 0.3) is 5.91 Å². The van der Waals surface area contributed by atoms with E-state index >= 15 is 0 Å². The average molecular weight is 223 g/mol. The molecule has 1 rings (SSSR count). The number of allylic oxidation sites excluding steroid dienone is 1. The summed E-state index contributed by atoms with van der Waals surface area (Å²) in [6.07, 6.45) is 1.34. The van der Waals surface area contributed by atoms with Crippen molar-refractivity contribution in [2.45, 2.75) is 0 Å². The molecular formula is C8H5N3OS2. The Balaban J connectivity index is 2.93. The number of carbonyl (C=O) groups is 1. The summed E-state index contributed by atoms with van der Waals surface area (Å²) in [7, 11) is 1.56. The first kappa shape index (κ1) is 10.7. The molecule has 0 unspecified atom stereocenters. The highest BCUT2D eigenvalue weighted by atomic mass is 32.2. The van der Waals surface area contributed by atoms with E-state index in [1.807, 2.05) is 0 Å². The van der Waals surface area contributed by atoms with E-state index in [2.05, 4.69) is 0 Å². The summed E-state index contributed by atoms with van der Waals surface area (Å²) < 4.78 is 0.441. The zero-order chi connectivity index (χ0) is 10.7. The van der Waals surface area contributed by atoms with Gasteiger partial charge in [-0.15, -0.1) is 0 Å². The third-order valence-electron chi connectivity index (χ3n) is 1.58. The van der Waals surface area contributed by atoms with Gasteiger partial charge in [-0.05, 0) is 6.08 Å². The molecule has 0 N–H and O–H groups in total. The van der Waals surface area contributed by atoms with E-state index in [1.165, 1.54) is 11.0 Å². The van der Waals surface area contributed by atoms with Crippen LogP contribution >= 0.6 is 24.0 Å². The maximum absolute atomic E-state index is 11.4. The number of likely N-dealkylation sites (N-methyl/N-ethyl adjacent to an activating group) is 1. The van der Waals surface area contributed by atoms with Crippen LogP contribution in [0.15, 0.2) is 11.0 Å². The van der Waals surface area contributed by atoms with E-state index in [-0.39, 0.29) is 5.91 Å². The Morgan fingerprint density at radius 2 is 2.14 bits per heavy atom. The van der Waals surface area contributed by atoms with Crippen molar-refractivity contribution in [3.63, 3.8) is 0 Å². The van der Waals surface area contributed by atoms with Crippen molar-refractivity contribution in [3.05, 3.63) is 11.0 Å². The Bertz CT molecular complexity index is 388. The van der Waals surface area contributed by atoms with Crippen LogP contribution in [0.4, 0.5) is 0 Å². The SMILES string of the molecule is CN1C(=O)/C(=C\C(C#N)C#N)SC1=S. The molecule has 0 radical (unpaired) electrons. The quantitative estimate of drug-likeness (QED) is 0.490. The summed E-state index contributed by atoms with van der Waals surface area (Å²) in [6, 6.07) is 3.53. The highest BCUT2D eigenvalue weighted by Crippen LogP contribution is 2.30. The van der Waals surface area contributed by atoms with Crippen LogP contribution in [0.5, 0.6) is 0 Å². The Kier molecular flexibility index (Phi) is 3.23. The van der Waals surface area contributed by atoms with Crippen LogP contribution in [-0.2, 0) is 4.79 Å². The highest BCUT2D eigenvalue weighted by molar-refractivity contribution is 8.26. The number of thiocarbonyl (C=S) groups is 1. The van der Waals surface area contributed by atoms with Crippen molar-refractivity contribution in [3.8, 4) is 12.1 Å². The molecule has 0 aromatic heterocycles. The zero-order valence-corrected chi connectivity index (χ0v) is 8.85. The van der Waals surface area contributed by atoms with Gasteiger partial charge < -0.3 is 0 Å². The van der Waals surface area contributed by atoms with Gasteiger partial charge in [0.05, 0.1) is 17.0 Å². The third kappa shape index (κ3) is 1.92. The van der Waals surface area contributed by atoms with Gasteiger partial charge in [-0.3, -0.25) is 9.69 Å². The van der Waals surface area contributed by atoms with Crippen LogP contribution in [0.25, 0.3) is 0 Å². The predicted molar refractivity (Wildman–Crippen MR) is 55.8 cm³/mol. The fourth-order valence-corrected chi connectivity index (χ4v) is 2.00. The molecule has 0 aromatic carbocycles. The van der Waals surface area contributed by atoms with E-state index in [1.54, 1.807) is 19.2 Å². The van der Waals surface area contributed by atoms with E-state index in [0.717, 1.165) is 11.8 Å². The molecule has 1 aliphatic heterocycles. The molecule has 0 atom stereocenters. The number of carbonyl (C=O) groups excluding carboxylic acids is 1. The normalized spacial score (nSPS) is 18.9. The number of rotatable bonds is 1. The second-order valence-electron chi connectivity index (χ2n) is 2.50. The maximum atomic E-state index is 11.4. The van der Waals surface area contributed by atoms with Crippen molar-refractivity contribution < 1.29 is 4.79 Å². The van der Waals surface area contributed by atoms with E-state index < -0.39 is 5.92 Å². The minimum Gasteiger partial charge on any atom is -0.296 e. The molecule has 0 saturated carbocycles. The maximum Gasteiger partial charge on any atom is 0.265 e. The van der Waals surface area contributed by atoms with Crippen molar-refractivity contribution >= 4 is 34.2 Å². The zero-order valence-electron chi connectivity index (χ0n) is 7.22. The first-order valence-corrected chi connectivity index (χ1v) is 4.83. The monoisotopic (exact) mass is 223 g/mol. The van der Waals surface area contributed by atoms with Gasteiger partial charge in [0.2, 0.25) is 0 Å². The van der Waals surface area contributed by atoms with Crippen molar-refractivity contribution in [2.75, 3.05) is 7.05 Å². The first-order chi connectivity index (χ1) is 6.60. The second-order valence-corrected chi connectivity index (χ2v) is 4.17. The van der Waals surface area contributed by atoms with Gasteiger partial charge in [0.15, 0.2) is 5.92 Å². The summed E-state index contributed by atoms with van der Waals surface area (Å²) in [6.45, 7) is 0. The Labute approximate surface area is 90.8 Å². The molecule has 4 nitrogen and oxygen atoms in total. The molecule has 1 heterocycles. The minimum absolute atomic E-state index is 0.254. The second kappa shape index (κ2) is 4.23. The molecule has 0 aliphatic carbocycles. The molecule has 0 spiro atoms. The first-order valence-electron chi connectivity index (χ1n) is 3.61.